The van der Waals surface area contributed by atoms with Gasteiger partial charge < -0.3 is 13.9 Å². The van der Waals surface area contributed by atoms with E-state index in [0.717, 1.165) is 16.7 Å². The van der Waals surface area contributed by atoms with E-state index in [1.165, 1.54) is 0 Å². The van der Waals surface area contributed by atoms with Crippen molar-refractivity contribution < 1.29 is 13.9 Å². The average molecular weight is 320 g/mol. The van der Waals surface area contributed by atoms with Crippen LogP contribution < -0.4 is 15.1 Å². The largest absolute Gasteiger partial charge is 0.452 e. The zero-order valence-corrected chi connectivity index (χ0v) is 13.2. The molecule has 0 amide bonds. The van der Waals surface area contributed by atoms with E-state index in [2.05, 4.69) is 0 Å². The minimum atomic E-state index is -0.734. The molecular weight excluding hydrogens is 304 g/mol. The lowest BCUT2D eigenvalue weighted by Crippen LogP contribution is -2.49. The van der Waals surface area contributed by atoms with Gasteiger partial charge in [0.2, 0.25) is 0 Å². The topological polar surface area (TPSA) is 48.7 Å². The Labute approximate surface area is 138 Å². The van der Waals surface area contributed by atoms with E-state index in [1.807, 2.05) is 49.4 Å². The third kappa shape index (κ3) is 1.71. The summed E-state index contributed by atoms with van der Waals surface area (Å²) in [5.41, 5.74) is 1.85. The number of ether oxygens (including phenoxy) is 2. The van der Waals surface area contributed by atoms with Gasteiger partial charge in [-0.05, 0) is 18.2 Å². The molecule has 120 valence electrons. The molecule has 3 heterocycles. The molecule has 24 heavy (non-hydrogen) atoms. The monoisotopic (exact) mass is 320 g/mol. The zero-order chi connectivity index (χ0) is 16.3. The summed E-state index contributed by atoms with van der Waals surface area (Å²) in [5, 5.41) is 0.817. The van der Waals surface area contributed by atoms with Gasteiger partial charge in [-0.1, -0.05) is 37.3 Å². The van der Waals surface area contributed by atoms with Crippen molar-refractivity contribution in [2.75, 3.05) is 0 Å². The zero-order valence-electron chi connectivity index (χ0n) is 13.2. The maximum atomic E-state index is 12.7. The molecular formula is C20H16O4. The molecule has 1 aromatic heterocycles. The van der Waals surface area contributed by atoms with Crippen LogP contribution >= 0.6 is 0 Å². The Morgan fingerprint density at radius 2 is 1.88 bits per heavy atom. The number of hydrogen-bond donors (Lipinski definition) is 0. The predicted octanol–water partition coefficient (Wildman–Crippen LogP) is 4.21. The predicted molar refractivity (Wildman–Crippen MR) is 89.7 cm³/mol. The number of para-hydroxylation sites is 2. The summed E-state index contributed by atoms with van der Waals surface area (Å²) in [4.78, 5) is 12.7. The minimum absolute atomic E-state index is 0.0699. The van der Waals surface area contributed by atoms with Gasteiger partial charge in [0.1, 0.15) is 17.1 Å². The lowest BCUT2D eigenvalue weighted by molar-refractivity contribution is -0.142. The second kappa shape index (κ2) is 4.63. The van der Waals surface area contributed by atoms with E-state index >= 15 is 0 Å². The van der Waals surface area contributed by atoms with Crippen LogP contribution in [0.1, 0.15) is 36.8 Å². The Morgan fingerprint density at radius 1 is 1.08 bits per heavy atom. The van der Waals surface area contributed by atoms with E-state index in [1.54, 1.807) is 6.07 Å². The van der Waals surface area contributed by atoms with Gasteiger partial charge in [-0.15, -0.1) is 0 Å². The molecule has 4 nitrogen and oxygen atoms in total. The van der Waals surface area contributed by atoms with Crippen LogP contribution in [0.25, 0.3) is 11.0 Å². The molecule has 2 aliphatic rings. The van der Waals surface area contributed by atoms with Gasteiger partial charge in [-0.25, -0.2) is 4.79 Å². The number of hydrogen-bond acceptors (Lipinski definition) is 4. The summed E-state index contributed by atoms with van der Waals surface area (Å²) < 4.78 is 18.1. The number of rotatable bonds is 1. The Bertz CT molecular complexity index is 1020. The molecule has 5 rings (SSSR count). The molecule has 0 N–H and O–H groups in total. The van der Waals surface area contributed by atoms with Crippen molar-refractivity contribution in [2.45, 2.75) is 31.5 Å². The lowest BCUT2D eigenvalue weighted by Gasteiger charge is -2.45. The normalized spacial score (nSPS) is 23.8. The van der Waals surface area contributed by atoms with Crippen LogP contribution in [0.2, 0.25) is 0 Å². The lowest BCUT2D eigenvalue weighted by atomic mass is 9.80. The smallest absolute Gasteiger partial charge is 0.343 e. The summed E-state index contributed by atoms with van der Waals surface area (Å²) in [6.07, 6.45) is 1.32. The highest BCUT2D eigenvalue weighted by atomic mass is 16.7. The second-order valence-electron chi connectivity index (χ2n) is 6.39. The highest BCUT2D eigenvalue weighted by molar-refractivity contribution is 5.85. The second-order valence-corrected chi connectivity index (χ2v) is 6.39. The van der Waals surface area contributed by atoms with Gasteiger partial charge in [-0.3, -0.25) is 0 Å². The molecule has 3 aromatic rings. The molecule has 0 spiro atoms. The van der Waals surface area contributed by atoms with Crippen molar-refractivity contribution >= 4 is 11.0 Å². The van der Waals surface area contributed by atoms with E-state index in [-0.39, 0.29) is 11.5 Å². The quantitative estimate of drug-likeness (QED) is 0.630. The fourth-order valence-electron chi connectivity index (χ4n) is 3.87. The van der Waals surface area contributed by atoms with Gasteiger partial charge in [0, 0.05) is 24.3 Å². The van der Waals surface area contributed by atoms with Crippen LogP contribution in [0, 0.1) is 0 Å². The molecule has 2 bridgehead atoms. The first-order valence-corrected chi connectivity index (χ1v) is 8.23. The van der Waals surface area contributed by atoms with E-state index in [0.29, 0.717) is 29.7 Å². The standard InChI is InChI=1S/C20H16O4/c1-2-20-11-14(12-7-3-6-10-16(12)23-20)17-18(24-20)13-8-4-5-9-15(13)22-19(17)21/h3-10,14H,2,11H2,1H3/t14-,20+/m0/s1. The molecule has 0 aliphatic carbocycles. The Morgan fingerprint density at radius 3 is 2.75 bits per heavy atom. The first-order chi connectivity index (χ1) is 11.7. The molecule has 2 aliphatic heterocycles. The highest BCUT2D eigenvalue weighted by Gasteiger charge is 2.49. The van der Waals surface area contributed by atoms with Gasteiger partial charge in [0.05, 0.1) is 10.9 Å². The Hall–Kier alpha value is -2.75. The van der Waals surface area contributed by atoms with Gasteiger partial charge >= 0.3 is 5.63 Å². The van der Waals surface area contributed by atoms with Crippen LogP contribution in [0.4, 0.5) is 0 Å². The maximum Gasteiger partial charge on any atom is 0.343 e. The summed E-state index contributed by atoms with van der Waals surface area (Å²) in [6, 6.07) is 15.3. The van der Waals surface area contributed by atoms with Crippen LogP contribution in [-0.4, -0.2) is 5.79 Å². The molecule has 0 radical (unpaired) electrons. The van der Waals surface area contributed by atoms with Crippen molar-refractivity contribution in [1.29, 1.82) is 0 Å². The Kier molecular flexibility index (Phi) is 2.64. The molecule has 0 fully saturated rings. The molecule has 0 saturated heterocycles. The molecule has 2 aromatic carbocycles. The SMILES string of the molecule is CC[C@@]12C[C@@H](c3ccccc3O1)c1c(c3ccccc3oc1=O)O2. The third-order valence-electron chi connectivity index (χ3n) is 5.08. The first kappa shape index (κ1) is 13.7. The van der Waals surface area contributed by atoms with E-state index in [9.17, 15) is 4.79 Å². The average Bonchev–Trinajstić information content (AvgIpc) is 2.61. The van der Waals surface area contributed by atoms with Gasteiger partial charge in [-0.2, -0.15) is 0 Å². The summed E-state index contributed by atoms with van der Waals surface area (Å²) in [7, 11) is 0. The summed E-state index contributed by atoms with van der Waals surface area (Å²) >= 11 is 0. The van der Waals surface area contributed by atoms with Crippen LogP contribution in [0.15, 0.2) is 57.7 Å². The van der Waals surface area contributed by atoms with Crippen LogP contribution in [0.3, 0.4) is 0 Å². The summed E-state index contributed by atoms with van der Waals surface area (Å²) in [6.45, 7) is 2.05. The fourth-order valence-corrected chi connectivity index (χ4v) is 3.87. The van der Waals surface area contributed by atoms with Crippen molar-refractivity contribution in [3.8, 4) is 11.5 Å². The molecule has 0 saturated carbocycles. The minimum Gasteiger partial charge on any atom is -0.452 e. The molecule has 4 heteroatoms. The van der Waals surface area contributed by atoms with Crippen molar-refractivity contribution in [3.05, 3.63) is 70.1 Å². The van der Waals surface area contributed by atoms with Crippen molar-refractivity contribution in [3.63, 3.8) is 0 Å². The highest BCUT2D eigenvalue weighted by Crippen LogP contribution is 2.52. The van der Waals surface area contributed by atoms with Crippen LogP contribution in [-0.2, 0) is 0 Å². The van der Waals surface area contributed by atoms with Crippen molar-refractivity contribution in [2.24, 2.45) is 0 Å². The Balaban J connectivity index is 1.88. The number of fused-ring (bicyclic) bond motifs is 8. The molecule has 2 atom stereocenters. The van der Waals surface area contributed by atoms with E-state index < -0.39 is 5.79 Å². The number of benzene rings is 2. The third-order valence-corrected chi connectivity index (χ3v) is 5.08. The van der Waals surface area contributed by atoms with Gasteiger partial charge in [0.25, 0.3) is 5.79 Å². The first-order valence-electron chi connectivity index (χ1n) is 8.23. The fraction of sp³-hybridized carbons (Fsp3) is 0.250. The van der Waals surface area contributed by atoms with Crippen LogP contribution in [0.5, 0.6) is 11.5 Å². The molecule has 0 unspecified atom stereocenters. The van der Waals surface area contributed by atoms with E-state index in [4.69, 9.17) is 13.9 Å². The summed E-state index contributed by atoms with van der Waals surface area (Å²) in [5.74, 6) is 0.588. The maximum absolute atomic E-state index is 12.7. The van der Waals surface area contributed by atoms with Gasteiger partial charge in [0.15, 0.2) is 0 Å². The van der Waals surface area contributed by atoms with Crippen molar-refractivity contribution in [1.82, 2.24) is 0 Å².